The van der Waals surface area contributed by atoms with Gasteiger partial charge in [0.05, 0.1) is 34.4 Å². The van der Waals surface area contributed by atoms with Crippen molar-refractivity contribution in [1.82, 2.24) is 13.7 Å². The van der Waals surface area contributed by atoms with E-state index in [0.29, 0.717) is 22.5 Å². The minimum atomic E-state index is -0.453. The summed E-state index contributed by atoms with van der Waals surface area (Å²) < 4.78 is 11.3. The average Bonchev–Trinajstić information content (AvgIpc) is 3.15. The van der Waals surface area contributed by atoms with Gasteiger partial charge in [-0.2, -0.15) is 0 Å². The van der Waals surface area contributed by atoms with Gasteiger partial charge in [-0.15, -0.1) is 0 Å². The molecular formula is C26H26ClN3O3. The largest absolute Gasteiger partial charge is 0.365 e. The highest BCUT2D eigenvalue weighted by Crippen LogP contribution is 2.45. The van der Waals surface area contributed by atoms with Gasteiger partial charge in [0, 0.05) is 19.1 Å². The van der Waals surface area contributed by atoms with Crippen LogP contribution in [0, 0.1) is 6.92 Å². The quantitative estimate of drug-likeness (QED) is 0.439. The van der Waals surface area contributed by atoms with E-state index in [4.69, 9.17) is 16.3 Å². The maximum Gasteiger partial charge on any atom is 0.331 e. The minimum absolute atomic E-state index is 0.321. The highest BCUT2D eigenvalue weighted by molar-refractivity contribution is 6.30. The predicted molar refractivity (Wildman–Crippen MR) is 131 cm³/mol. The van der Waals surface area contributed by atoms with E-state index in [0.717, 1.165) is 28.1 Å². The number of aryl methyl sites for hydroxylation is 2. The number of aromatic nitrogens is 3. The molecule has 3 heterocycles. The first-order chi connectivity index (χ1) is 15.6. The Morgan fingerprint density at radius 3 is 2.24 bits per heavy atom. The number of halogens is 1. The summed E-state index contributed by atoms with van der Waals surface area (Å²) in [7, 11) is 3.23. The average molecular weight is 464 g/mol. The van der Waals surface area contributed by atoms with Crippen LogP contribution in [0.2, 0.25) is 5.02 Å². The Labute approximate surface area is 196 Å². The Morgan fingerprint density at radius 1 is 0.970 bits per heavy atom. The van der Waals surface area contributed by atoms with Crippen LogP contribution in [0.25, 0.3) is 22.2 Å². The fourth-order valence-corrected chi connectivity index (χ4v) is 5.00. The molecule has 0 spiro atoms. The molecule has 1 aliphatic rings. The van der Waals surface area contributed by atoms with Gasteiger partial charge >= 0.3 is 5.69 Å². The van der Waals surface area contributed by atoms with Gasteiger partial charge in [-0.05, 0) is 44.0 Å². The Kier molecular flexibility index (Phi) is 4.92. The van der Waals surface area contributed by atoms with Gasteiger partial charge in [-0.3, -0.25) is 13.9 Å². The number of fused-ring (bicyclic) bond motifs is 3. The van der Waals surface area contributed by atoms with Crippen molar-refractivity contribution in [3.63, 3.8) is 0 Å². The molecule has 170 valence electrons. The summed E-state index contributed by atoms with van der Waals surface area (Å²) in [6, 6.07) is 15.7. The molecule has 0 saturated carbocycles. The third-order valence-electron chi connectivity index (χ3n) is 6.56. The van der Waals surface area contributed by atoms with E-state index in [1.165, 1.54) is 11.6 Å². The van der Waals surface area contributed by atoms with E-state index in [1.54, 1.807) is 11.6 Å². The lowest BCUT2D eigenvalue weighted by Crippen LogP contribution is -2.40. The van der Waals surface area contributed by atoms with Crippen LogP contribution in [0.4, 0.5) is 0 Å². The first-order valence-corrected chi connectivity index (χ1v) is 11.3. The van der Waals surface area contributed by atoms with E-state index < -0.39 is 11.6 Å². The molecule has 0 amide bonds. The zero-order valence-electron chi connectivity index (χ0n) is 19.3. The SMILES string of the molecule is Cc1ccc(C2OCC(C)(C)n3c(-c4ccc(Cl)cc4)c4c(=O)n(C)c(=O)n(C)c4c32)cc1. The third-order valence-corrected chi connectivity index (χ3v) is 6.82. The van der Waals surface area contributed by atoms with Crippen molar-refractivity contribution < 1.29 is 4.74 Å². The third kappa shape index (κ3) is 3.20. The van der Waals surface area contributed by atoms with Gasteiger partial charge in [0.15, 0.2) is 0 Å². The molecule has 0 aliphatic carbocycles. The van der Waals surface area contributed by atoms with E-state index in [2.05, 4.69) is 18.4 Å². The summed E-state index contributed by atoms with van der Waals surface area (Å²) >= 11 is 6.17. The van der Waals surface area contributed by atoms with Crippen LogP contribution in [0.3, 0.4) is 0 Å². The summed E-state index contributed by atoms with van der Waals surface area (Å²) in [4.78, 5) is 26.5. The summed E-state index contributed by atoms with van der Waals surface area (Å²) in [5.74, 6) is 0. The van der Waals surface area contributed by atoms with Crippen molar-refractivity contribution in [2.75, 3.05) is 6.61 Å². The van der Waals surface area contributed by atoms with Gasteiger partial charge < -0.3 is 9.30 Å². The van der Waals surface area contributed by atoms with Crippen LogP contribution in [0.1, 0.15) is 36.8 Å². The predicted octanol–water partition coefficient (Wildman–Crippen LogP) is 4.52. The maximum absolute atomic E-state index is 13.5. The molecule has 33 heavy (non-hydrogen) atoms. The summed E-state index contributed by atoms with van der Waals surface area (Å²) in [6.45, 7) is 6.67. The molecule has 1 aliphatic heterocycles. The van der Waals surface area contributed by atoms with Crippen LogP contribution in [0.15, 0.2) is 58.1 Å². The molecule has 2 aromatic carbocycles. The van der Waals surface area contributed by atoms with Gasteiger partial charge in [-0.1, -0.05) is 53.6 Å². The Balaban J connectivity index is 2.00. The van der Waals surface area contributed by atoms with Crippen LogP contribution >= 0.6 is 11.6 Å². The van der Waals surface area contributed by atoms with Gasteiger partial charge in [0.1, 0.15) is 6.10 Å². The van der Waals surface area contributed by atoms with Gasteiger partial charge in [-0.25, -0.2) is 4.79 Å². The van der Waals surface area contributed by atoms with E-state index in [9.17, 15) is 9.59 Å². The zero-order valence-corrected chi connectivity index (χ0v) is 20.1. The molecule has 5 rings (SSSR count). The van der Waals surface area contributed by atoms with E-state index >= 15 is 0 Å². The first-order valence-electron chi connectivity index (χ1n) is 10.9. The van der Waals surface area contributed by atoms with Crippen LogP contribution in [-0.4, -0.2) is 20.3 Å². The van der Waals surface area contributed by atoms with Crippen molar-refractivity contribution in [3.05, 3.63) is 91.2 Å². The molecule has 2 aromatic heterocycles. The second-order valence-electron chi connectivity index (χ2n) is 9.42. The monoisotopic (exact) mass is 463 g/mol. The normalized spacial score (nSPS) is 17.3. The standard InChI is InChI=1S/C26H26ClN3O3/c1-15-6-8-17(9-7-15)23-22-21-19(24(31)29(5)25(32)28(21)4)20(16-10-12-18(27)13-11-16)30(22)26(2,3)14-33-23/h6-13,23H,14H2,1-5H3. The molecule has 0 radical (unpaired) electrons. The maximum atomic E-state index is 13.5. The summed E-state index contributed by atoms with van der Waals surface area (Å²) in [5, 5.41) is 1.13. The smallest absolute Gasteiger partial charge is 0.331 e. The fraction of sp³-hybridized carbons (Fsp3) is 0.308. The fourth-order valence-electron chi connectivity index (χ4n) is 4.87. The van der Waals surface area contributed by atoms with Crippen molar-refractivity contribution in [3.8, 4) is 11.3 Å². The second kappa shape index (κ2) is 7.47. The molecule has 0 fully saturated rings. The molecule has 0 saturated heterocycles. The van der Waals surface area contributed by atoms with Gasteiger partial charge in [0.2, 0.25) is 0 Å². The highest BCUT2D eigenvalue weighted by atomic mass is 35.5. The number of hydrogen-bond donors (Lipinski definition) is 0. The van der Waals surface area contributed by atoms with Crippen molar-refractivity contribution in [2.45, 2.75) is 32.4 Å². The Bertz CT molecular complexity index is 1510. The zero-order chi connectivity index (χ0) is 23.7. The number of nitrogens with zero attached hydrogens (tertiary/aromatic N) is 3. The molecule has 0 bridgehead atoms. The molecule has 1 atom stereocenters. The van der Waals surface area contributed by atoms with Crippen molar-refractivity contribution in [2.24, 2.45) is 14.1 Å². The molecule has 7 heteroatoms. The van der Waals surface area contributed by atoms with Crippen molar-refractivity contribution >= 4 is 22.5 Å². The Hall–Kier alpha value is -3.09. The lowest BCUT2D eigenvalue weighted by atomic mass is 9.97. The molecule has 0 N–H and O–H groups in total. The molecular weight excluding hydrogens is 438 g/mol. The number of benzene rings is 2. The van der Waals surface area contributed by atoms with Crippen LogP contribution in [0.5, 0.6) is 0 Å². The minimum Gasteiger partial charge on any atom is -0.365 e. The molecule has 1 unspecified atom stereocenters. The number of rotatable bonds is 2. The number of hydrogen-bond acceptors (Lipinski definition) is 3. The lowest BCUT2D eigenvalue weighted by Gasteiger charge is -2.39. The van der Waals surface area contributed by atoms with E-state index in [-0.39, 0.29) is 11.2 Å². The lowest BCUT2D eigenvalue weighted by molar-refractivity contribution is -0.00707. The van der Waals surface area contributed by atoms with Crippen molar-refractivity contribution in [1.29, 1.82) is 0 Å². The highest BCUT2D eigenvalue weighted by Gasteiger charge is 2.40. The Morgan fingerprint density at radius 2 is 1.61 bits per heavy atom. The van der Waals surface area contributed by atoms with E-state index in [1.807, 2.05) is 55.5 Å². The summed E-state index contributed by atoms with van der Waals surface area (Å²) in [5.41, 5.74) is 4.05. The topological polar surface area (TPSA) is 58.2 Å². The second-order valence-corrected chi connectivity index (χ2v) is 9.86. The molecule has 4 aromatic rings. The summed E-state index contributed by atoms with van der Waals surface area (Å²) in [6.07, 6.45) is -0.417. The van der Waals surface area contributed by atoms with Crippen LogP contribution in [-0.2, 0) is 24.4 Å². The first kappa shape index (κ1) is 21.7. The molecule has 6 nitrogen and oxygen atoms in total. The van der Waals surface area contributed by atoms with Gasteiger partial charge in [0.25, 0.3) is 5.56 Å². The van der Waals surface area contributed by atoms with Crippen LogP contribution < -0.4 is 11.2 Å². The number of ether oxygens (including phenoxy) is 1.